The van der Waals surface area contributed by atoms with Gasteiger partial charge in [0, 0.05) is 29.8 Å². The van der Waals surface area contributed by atoms with Crippen LogP contribution in [-0.4, -0.2) is 29.9 Å². The molecule has 0 amide bonds. The van der Waals surface area contributed by atoms with Gasteiger partial charge in [0.1, 0.15) is 0 Å². The van der Waals surface area contributed by atoms with Crippen LogP contribution >= 0.6 is 0 Å². The van der Waals surface area contributed by atoms with Crippen LogP contribution in [0.4, 0.5) is 0 Å². The van der Waals surface area contributed by atoms with E-state index < -0.39 is 9.84 Å². The van der Waals surface area contributed by atoms with Gasteiger partial charge >= 0.3 is 0 Å². The van der Waals surface area contributed by atoms with Crippen molar-refractivity contribution in [3.05, 3.63) is 73.1 Å². The van der Waals surface area contributed by atoms with Crippen LogP contribution in [0.3, 0.4) is 0 Å². The minimum absolute atomic E-state index is 0.278. The molecule has 0 aliphatic heterocycles. The SMILES string of the molecule is CS(=O)(=O)c1ccc(-c2cncc(-c3nnc(-c4ccccc4)o3)c2)cc1. The highest BCUT2D eigenvalue weighted by Gasteiger charge is 2.12. The first kappa shape index (κ1) is 17.1. The number of rotatable bonds is 4. The van der Waals surface area contributed by atoms with Crippen molar-refractivity contribution in [1.82, 2.24) is 15.2 Å². The first-order valence-electron chi connectivity index (χ1n) is 8.15. The molecule has 0 aliphatic rings. The Morgan fingerprint density at radius 1 is 0.741 bits per heavy atom. The molecule has 0 unspecified atom stereocenters. The maximum absolute atomic E-state index is 11.6. The Morgan fingerprint density at radius 3 is 2.04 bits per heavy atom. The fourth-order valence-electron chi connectivity index (χ4n) is 2.65. The van der Waals surface area contributed by atoms with Crippen LogP contribution in [0, 0.1) is 0 Å². The lowest BCUT2D eigenvalue weighted by molar-refractivity contribution is 0.584. The van der Waals surface area contributed by atoms with Gasteiger partial charge in [0.05, 0.1) is 10.5 Å². The van der Waals surface area contributed by atoms with E-state index >= 15 is 0 Å². The third kappa shape index (κ3) is 3.63. The predicted octanol–water partition coefficient (Wildman–Crippen LogP) is 3.87. The molecule has 0 N–H and O–H groups in total. The summed E-state index contributed by atoms with van der Waals surface area (Å²) in [5.74, 6) is 0.810. The molecule has 4 rings (SSSR count). The number of sulfone groups is 1. The standard InChI is InChI=1S/C20H15N3O3S/c1-27(24,25)18-9-7-14(8-10-18)16-11-17(13-21-12-16)20-23-22-19(26-20)15-5-3-2-4-6-15/h2-13H,1H3. The zero-order valence-electron chi connectivity index (χ0n) is 14.4. The molecule has 4 aromatic rings. The molecule has 6 nitrogen and oxygen atoms in total. The molecular weight excluding hydrogens is 362 g/mol. The third-order valence-electron chi connectivity index (χ3n) is 4.05. The van der Waals surface area contributed by atoms with Crippen molar-refractivity contribution in [2.45, 2.75) is 4.90 Å². The van der Waals surface area contributed by atoms with Gasteiger partial charge in [-0.1, -0.05) is 30.3 Å². The van der Waals surface area contributed by atoms with Crippen LogP contribution in [0.1, 0.15) is 0 Å². The van der Waals surface area contributed by atoms with Crippen molar-refractivity contribution < 1.29 is 12.8 Å². The van der Waals surface area contributed by atoms with Crippen LogP contribution in [0.15, 0.2) is 82.4 Å². The lowest BCUT2D eigenvalue weighted by atomic mass is 10.1. The molecule has 0 saturated heterocycles. The molecule has 0 radical (unpaired) electrons. The Labute approximate surface area is 156 Å². The lowest BCUT2D eigenvalue weighted by Gasteiger charge is -2.04. The fraction of sp³-hybridized carbons (Fsp3) is 0.0500. The van der Waals surface area contributed by atoms with Crippen molar-refractivity contribution in [1.29, 1.82) is 0 Å². The normalized spacial score (nSPS) is 11.4. The zero-order chi connectivity index (χ0) is 18.9. The van der Waals surface area contributed by atoms with Crippen molar-refractivity contribution in [3.63, 3.8) is 0 Å². The second-order valence-corrected chi connectivity index (χ2v) is 8.05. The maximum Gasteiger partial charge on any atom is 0.249 e. The van der Waals surface area contributed by atoms with E-state index in [1.54, 1.807) is 36.7 Å². The monoisotopic (exact) mass is 377 g/mol. The van der Waals surface area contributed by atoms with Crippen molar-refractivity contribution in [2.24, 2.45) is 0 Å². The molecule has 7 heteroatoms. The largest absolute Gasteiger partial charge is 0.416 e. The van der Waals surface area contributed by atoms with Gasteiger partial charge in [-0.25, -0.2) is 8.42 Å². The fourth-order valence-corrected chi connectivity index (χ4v) is 3.28. The number of hydrogen-bond acceptors (Lipinski definition) is 6. The first-order valence-corrected chi connectivity index (χ1v) is 10.0. The molecule has 0 bridgehead atoms. The van der Waals surface area contributed by atoms with E-state index in [1.807, 2.05) is 36.4 Å². The molecule has 0 aliphatic carbocycles. The van der Waals surface area contributed by atoms with Crippen molar-refractivity contribution in [2.75, 3.05) is 6.26 Å². The van der Waals surface area contributed by atoms with Gasteiger partial charge in [-0.3, -0.25) is 4.98 Å². The van der Waals surface area contributed by atoms with Crippen LogP contribution in [0.25, 0.3) is 34.0 Å². The number of benzene rings is 2. The summed E-state index contributed by atoms with van der Waals surface area (Å²) in [6.45, 7) is 0. The molecular formula is C20H15N3O3S. The smallest absolute Gasteiger partial charge is 0.249 e. The highest BCUT2D eigenvalue weighted by atomic mass is 32.2. The Morgan fingerprint density at radius 2 is 1.37 bits per heavy atom. The molecule has 2 heterocycles. The van der Waals surface area contributed by atoms with E-state index in [1.165, 1.54) is 6.26 Å². The topological polar surface area (TPSA) is 86.0 Å². The molecule has 2 aromatic heterocycles. The predicted molar refractivity (Wildman–Crippen MR) is 102 cm³/mol. The van der Waals surface area contributed by atoms with Crippen LogP contribution in [0.2, 0.25) is 0 Å². The summed E-state index contributed by atoms with van der Waals surface area (Å²) in [5.41, 5.74) is 3.21. The molecule has 0 fully saturated rings. The Bertz CT molecular complexity index is 1180. The van der Waals surface area contributed by atoms with Gasteiger partial charge in [-0.15, -0.1) is 10.2 Å². The third-order valence-corrected chi connectivity index (χ3v) is 5.18. The minimum Gasteiger partial charge on any atom is -0.416 e. The number of aromatic nitrogens is 3. The molecule has 0 saturated carbocycles. The number of nitrogens with zero attached hydrogens (tertiary/aromatic N) is 3. The molecule has 27 heavy (non-hydrogen) atoms. The van der Waals surface area contributed by atoms with E-state index in [4.69, 9.17) is 4.42 Å². The molecule has 0 spiro atoms. The van der Waals surface area contributed by atoms with Gasteiger partial charge < -0.3 is 4.42 Å². The summed E-state index contributed by atoms with van der Waals surface area (Å²) in [6, 6.07) is 18.1. The highest BCUT2D eigenvalue weighted by molar-refractivity contribution is 7.90. The van der Waals surface area contributed by atoms with E-state index in [0.29, 0.717) is 17.3 Å². The average molecular weight is 377 g/mol. The second-order valence-electron chi connectivity index (χ2n) is 6.04. The van der Waals surface area contributed by atoms with Crippen molar-refractivity contribution in [3.8, 4) is 34.0 Å². The van der Waals surface area contributed by atoms with Gasteiger partial charge in [0.15, 0.2) is 9.84 Å². The summed E-state index contributed by atoms with van der Waals surface area (Å²) >= 11 is 0. The van der Waals surface area contributed by atoms with E-state index in [-0.39, 0.29) is 4.90 Å². The average Bonchev–Trinajstić information content (AvgIpc) is 3.19. The lowest BCUT2D eigenvalue weighted by Crippen LogP contribution is -1.96. The first-order chi connectivity index (χ1) is 13.0. The van der Waals surface area contributed by atoms with Gasteiger partial charge in [-0.2, -0.15) is 0 Å². The summed E-state index contributed by atoms with van der Waals surface area (Å²) in [5, 5.41) is 8.20. The van der Waals surface area contributed by atoms with E-state index in [0.717, 1.165) is 16.7 Å². The molecule has 0 atom stereocenters. The van der Waals surface area contributed by atoms with Crippen LogP contribution in [0.5, 0.6) is 0 Å². The van der Waals surface area contributed by atoms with Gasteiger partial charge in [0.25, 0.3) is 0 Å². The summed E-state index contributed by atoms with van der Waals surface area (Å²) in [7, 11) is -3.23. The van der Waals surface area contributed by atoms with E-state index in [9.17, 15) is 8.42 Å². The molecule has 134 valence electrons. The summed E-state index contributed by atoms with van der Waals surface area (Å²) in [4.78, 5) is 4.52. The highest BCUT2D eigenvalue weighted by Crippen LogP contribution is 2.27. The maximum atomic E-state index is 11.6. The minimum atomic E-state index is -3.23. The summed E-state index contributed by atoms with van der Waals surface area (Å²) in [6.07, 6.45) is 4.54. The van der Waals surface area contributed by atoms with Crippen molar-refractivity contribution >= 4 is 9.84 Å². The Hall–Kier alpha value is -3.32. The zero-order valence-corrected chi connectivity index (χ0v) is 15.2. The summed E-state index contributed by atoms with van der Waals surface area (Å²) < 4.78 is 29.0. The quantitative estimate of drug-likeness (QED) is 0.537. The number of pyridine rings is 1. The number of hydrogen-bond donors (Lipinski definition) is 0. The molecule has 2 aromatic carbocycles. The second kappa shape index (κ2) is 6.77. The Balaban J connectivity index is 1.66. The van der Waals surface area contributed by atoms with Gasteiger partial charge in [0.2, 0.25) is 11.8 Å². The van der Waals surface area contributed by atoms with Crippen LogP contribution < -0.4 is 0 Å². The van der Waals surface area contributed by atoms with Gasteiger partial charge in [-0.05, 0) is 35.9 Å². The van der Waals surface area contributed by atoms with Crippen LogP contribution in [-0.2, 0) is 9.84 Å². The van der Waals surface area contributed by atoms with E-state index in [2.05, 4.69) is 15.2 Å². The Kier molecular flexibility index (Phi) is 4.29.